The third-order valence-electron chi connectivity index (χ3n) is 6.83. The number of likely N-dealkylation sites (tertiary alicyclic amines) is 1. The van der Waals surface area contributed by atoms with Gasteiger partial charge in [-0.3, -0.25) is 0 Å². The first-order valence-corrected chi connectivity index (χ1v) is 12.7. The average Bonchev–Trinajstić information content (AvgIpc) is 3.61. The van der Waals surface area contributed by atoms with Crippen LogP contribution in [-0.2, 0) is 6.54 Å². The van der Waals surface area contributed by atoms with E-state index in [9.17, 15) is 0 Å². The Morgan fingerprint density at radius 1 is 0.912 bits per heavy atom. The van der Waals surface area contributed by atoms with Crippen molar-refractivity contribution in [3.8, 4) is 28.7 Å². The first-order valence-electron chi connectivity index (χ1n) is 12.7. The Bertz CT molecular complexity index is 1120. The first-order chi connectivity index (χ1) is 16.5. The summed E-state index contributed by atoms with van der Waals surface area (Å²) in [6.07, 6.45) is 7.43. The molecule has 3 aromatic rings. The van der Waals surface area contributed by atoms with Gasteiger partial charge in [0.05, 0.1) is 12.1 Å². The molecule has 0 spiro atoms. The molecule has 0 bridgehead atoms. The molecule has 2 fully saturated rings. The molecule has 0 radical (unpaired) electrons. The Balaban J connectivity index is 0.000000351. The summed E-state index contributed by atoms with van der Waals surface area (Å²) in [5, 5.41) is 4.54. The molecule has 5 heterocycles. The molecular formula is C26H37N7O. The molecule has 34 heavy (non-hydrogen) atoms. The summed E-state index contributed by atoms with van der Waals surface area (Å²) in [7, 11) is 2.17. The molecule has 3 aliphatic rings. The summed E-state index contributed by atoms with van der Waals surface area (Å²) >= 11 is 0. The minimum absolute atomic E-state index is 0.233. The number of benzene rings is 1. The smallest absolute Gasteiger partial charge is 0.178 e. The maximum absolute atomic E-state index is 6.08. The van der Waals surface area contributed by atoms with E-state index in [-0.39, 0.29) is 6.04 Å². The molecule has 2 aromatic heterocycles. The zero-order chi connectivity index (χ0) is 23.7. The molecule has 2 saturated heterocycles. The van der Waals surface area contributed by atoms with E-state index in [1.807, 2.05) is 11.6 Å². The summed E-state index contributed by atoms with van der Waals surface area (Å²) in [6, 6.07) is 6.75. The number of hydrogen-bond donors (Lipinski definition) is 0. The largest absolute Gasteiger partial charge is 0.491 e. The first kappa shape index (κ1) is 22.9. The predicted molar refractivity (Wildman–Crippen MR) is 135 cm³/mol. The topological polar surface area (TPSA) is 64.2 Å². The van der Waals surface area contributed by atoms with E-state index in [1.54, 1.807) is 0 Å². The van der Waals surface area contributed by atoms with Crippen molar-refractivity contribution in [3.05, 3.63) is 30.2 Å². The van der Waals surface area contributed by atoms with E-state index in [0.29, 0.717) is 6.61 Å². The minimum atomic E-state index is 0.233. The van der Waals surface area contributed by atoms with E-state index in [1.165, 1.54) is 44.5 Å². The Kier molecular flexibility index (Phi) is 6.59. The van der Waals surface area contributed by atoms with Gasteiger partial charge in [0, 0.05) is 37.1 Å². The van der Waals surface area contributed by atoms with Crippen molar-refractivity contribution in [2.45, 2.75) is 59.0 Å². The average molecular weight is 464 g/mol. The number of hydrogen-bond acceptors (Lipinski definition) is 6. The van der Waals surface area contributed by atoms with Gasteiger partial charge in [0.2, 0.25) is 0 Å². The fourth-order valence-corrected chi connectivity index (χ4v) is 4.99. The maximum atomic E-state index is 6.08. The fraction of sp³-hybridized carbons (Fsp3) is 0.577. The molecule has 182 valence electrons. The summed E-state index contributed by atoms with van der Waals surface area (Å²) in [5.74, 6) is 3.45. The SMILES string of the molecule is CN1CCCC1.Cc1nc(-c2cn3c(n2)-c2ccc(N4CCCC4)cc2OCC3)n(C(C)C)n1. The molecule has 0 atom stereocenters. The Labute approximate surface area is 202 Å². The number of fused-ring (bicyclic) bond motifs is 3. The van der Waals surface area contributed by atoms with E-state index in [0.717, 1.165) is 54.1 Å². The minimum Gasteiger partial charge on any atom is -0.491 e. The van der Waals surface area contributed by atoms with E-state index in [4.69, 9.17) is 9.72 Å². The number of nitrogens with zero attached hydrogens (tertiary/aromatic N) is 7. The van der Waals surface area contributed by atoms with Crippen molar-refractivity contribution in [1.29, 1.82) is 0 Å². The van der Waals surface area contributed by atoms with Crippen molar-refractivity contribution in [1.82, 2.24) is 29.2 Å². The summed E-state index contributed by atoms with van der Waals surface area (Å²) in [6.45, 7) is 12.4. The van der Waals surface area contributed by atoms with Crippen LogP contribution in [0.1, 0.15) is 51.4 Å². The van der Waals surface area contributed by atoms with Crippen LogP contribution in [0.3, 0.4) is 0 Å². The molecule has 0 aliphatic carbocycles. The normalized spacial score (nSPS) is 17.7. The highest BCUT2D eigenvalue weighted by Gasteiger charge is 2.23. The fourth-order valence-electron chi connectivity index (χ4n) is 4.99. The van der Waals surface area contributed by atoms with Gasteiger partial charge in [-0.1, -0.05) is 0 Å². The van der Waals surface area contributed by atoms with Gasteiger partial charge in [-0.25, -0.2) is 14.6 Å². The number of aryl methyl sites for hydroxylation is 1. The summed E-state index contributed by atoms with van der Waals surface area (Å²) < 4.78 is 10.2. The predicted octanol–water partition coefficient (Wildman–Crippen LogP) is 4.40. The molecule has 0 N–H and O–H groups in total. The van der Waals surface area contributed by atoms with Crippen molar-refractivity contribution >= 4 is 5.69 Å². The maximum Gasteiger partial charge on any atom is 0.178 e. The van der Waals surface area contributed by atoms with Crippen molar-refractivity contribution in [2.24, 2.45) is 0 Å². The Hall–Kier alpha value is -2.87. The van der Waals surface area contributed by atoms with Gasteiger partial charge < -0.3 is 19.1 Å². The summed E-state index contributed by atoms with van der Waals surface area (Å²) in [4.78, 5) is 14.4. The lowest BCUT2D eigenvalue weighted by Crippen LogP contribution is -2.17. The lowest BCUT2D eigenvalue weighted by atomic mass is 10.1. The number of rotatable bonds is 3. The third-order valence-corrected chi connectivity index (χ3v) is 6.83. The second-order valence-electron chi connectivity index (χ2n) is 9.90. The van der Waals surface area contributed by atoms with Crippen molar-refractivity contribution in [3.63, 3.8) is 0 Å². The number of anilines is 1. The molecule has 1 aromatic carbocycles. The number of aromatic nitrogens is 5. The molecule has 8 nitrogen and oxygen atoms in total. The van der Waals surface area contributed by atoms with Crippen LogP contribution in [0.2, 0.25) is 0 Å². The van der Waals surface area contributed by atoms with Gasteiger partial charge in [0.1, 0.15) is 29.7 Å². The number of ether oxygens (including phenoxy) is 1. The highest BCUT2D eigenvalue weighted by molar-refractivity contribution is 5.72. The van der Waals surface area contributed by atoms with Crippen LogP contribution < -0.4 is 9.64 Å². The van der Waals surface area contributed by atoms with Gasteiger partial charge in [0.15, 0.2) is 5.82 Å². The van der Waals surface area contributed by atoms with Gasteiger partial charge in [-0.2, -0.15) is 5.10 Å². The van der Waals surface area contributed by atoms with Crippen LogP contribution >= 0.6 is 0 Å². The molecule has 0 unspecified atom stereocenters. The molecule has 0 amide bonds. The lowest BCUT2D eigenvalue weighted by molar-refractivity contribution is 0.307. The van der Waals surface area contributed by atoms with Crippen molar-refractivity contribution in [2.75, 3.05) is 44.7 Å². The molecular weight excluding hydrogens is 426 g/mol. The summed E-state index contributed by atoms with van der Waals surface area (Å²) in [5.41, 5.74) is 3.14. The molecule has 3 aliphatic heterocycles. The second-order valence-corrected chi connectivity index (χ2v) is 9.90. The lowest BCUT2D eigenvalue weighted by Gasteiger charge is -2.19. The van der Waals surface area contributed by atoms with Crippen LogP contribution in [0, 0.1) is 6.92 Å². The van der Waals surface area contributed by atoms with Crippen molar-refractivity contribution < 1.29 is 4.74 Å². The molecule has 0 saturated carbocycles. The highest BCUT2D eigenvalue weighted by atomic mass is 16.5. The van der Waals surface area contributed by atoms with Gasteiger partial charge in [-0.05, 0) is 78.7 Å². The molecule has 6 rings (SSSR count). The van der Waals surface area contributed by atoms with Gasteiger partial charge in [-0.15, -0.1) is 0 Å². The molecule has 8 heteroatoms. The van der Waals surface area contributed by atoms with Crippen LogP contribution in [0.5, 0.6) is 5.75 Å². The van der Waals surface area contributed by atoms with Crippen LogP contribution in [-0.4, -0.2) is 69.0 Å². The van der Waals surface area contributed by atoms with E-state index >= 15 is 0 Å². The van der Waals surface area contributed by atoms with Gasteiger partial charge in [0.25, 0.3) is 0 Å². The Morgan fingerprint density at radius 2 is 1.65 bits per heavy atom. The zero-order valence-electron chi connectivity index (χ0n) is 21.0. The van der Waals surface area contributed by atoms with Crippen LogP contribution in [0.25, 0.3) is 22.9 Å². The Morgan fingerprint density at radius 3 is 2.32 bits per heavy atom. The third kappa shape index (κ3) is 4.69. The van der Waals surface area contributed by atoms with E-state index < -0.39 is 0 Å². The van der Waals surface area contributed by atoms with E-state index in [2.05, 4.69) is 69.7 Å². The monoisotopic (exact) mass is 463 g/mol. The van der Waals surface area contributed by atoms with Crippen LogP contribution in [0.15, 0.2) is 24.4 Å². The zero-order valence-corrected chi connectivity index (χ0v) is 21.0. The second kappa shape index (κ2) is 9.78. The highest BCUT2D eigenvalue weighted by Crippen LogP contribution is 2.37. The quantitative estimate of drug-likeness (QED) is 0.574. The standard InChI is InChI=1S/C21H26N6O.C5H11N/c1-14(2)27-21(22-15(3)24-27)18-13-26-10-11-28-19-12-16(25-8-4-5-9-25)6-7-17(19)20(26)23-18;1-6-4-2-3-5-6/h6-7,12-14H,4-5,8-11H2,1-3H3;2-5H2,1H3. The van der Waals surface area contributed by atoms with Crippen LogP contribution in [0.4, 0.5) is 5.69 Å². The van der Waals surface area contributed by atoms with Gasteiger partial charge >= 0.3 is 0 Å². The number of imidazole rings is 1.